The number of aromatic nitrogens is 6. The third-order valence-electron chi connectivity index (χ3n) is 12.0. The Kier molecular flexibility index (Phi) is 11.5. The quantitative estimate of drug-likeness (QED) is 0.0974. The molecule has 10 rings (SSSR count). The Morgan fingerprint density at radius 1 is 0.714 bits per heavy atom. The lowest BCUT2D eigenvalue weighted by Gasteiger charge is -2.34. The number of amides is 3. The summed E-state index contributed by atoms with van der Waals surface area (Å²) in [4.78, 5) is 65.1. The SMILES string of the molecule is Cc1nc2cccc(-c3cc4c([nH]3)CCNC4=O)c2nc1N[C@H]1CCCN(C(=O)OC(C)(C)C)C1.Cc1nc2cccc(-c3cc4c([nH]3)CCNC4=O)c2nc1N[C@H]1CCCNC1. The number of rotatable bonds is 6. The number of carbonyl (C=O) groups excluding carboxylic acids is 3. The summed E-state index contributed by atoms with van der Waals surface area (Å²) in [6.45, 7) is 14.1. The number of carbonyl (C=O) groups is 3. The standard InChI is InChI=1S/C26H32N6O3.C21H24N6O/c1-15-23(29-16-7-6-12-32(14-16)25(34)35-26(2,3)4)31-22-17(8-5-9-20(22)28-15)21-13-18-19(30-21)10-11-27-24(18)33;1-12-20(25-13-4-3-8-22-11-13)27-19-14(5-2-6-17(19)24-12)18-10-15-16(26-18)7-9-23-21(15)28/h5,8-9,13,16,30H,6-7,10-12,14H2,1-4H3,(H,27,33)(H,29,31);2,5-6,10,13,22,26H,3-4,7-9,11H2,1H3,(H,23,28)(H,25,27)/t16-;13-/m00/s1. The third kappa shape index (κ3) is 9.03. The summed E-state index contributed by atoms with van der Waals surface area (Å²) in [5.74, 6) is 1.47. The topological polar surface area (TPSA) is 207 Å². The Balaban J connectivity index is 0.000000164. The van der Waals surface area contributed by atoms with Crippen LogP contribution in [0.2, 0.25) is 0 Å². The van der Waals surface area contributed by atoms with E-state index in [0.29, 0.717) is 43.6 Å². The summed E-state index contributed by atoms with van der Waals surface area (Å²) >= 11 is 0. The van der Waals surface area contributed by atoms with Gasteiger partial charge in [0, 0.05) is 91.6 Å². The van der Waals surface area contributed by atoms with E-state index in [4.69, 9.17) is 24.7 Å². The number of anilines is 2. The molecule has 3 amide bonds. The van der Waals surface area contributed by atoms with Crippen molar-refractivity contribution < 1.29 is 19.1 Å². The molecule has 0 bridgehead atoms. The number of piperidine rings is 2. The maximum absolute atomic E-state index is 12.6. The van der Waals surface area contributed by atoms with Crippen molar-refractivity contribution in [1.29, 1.82) is 0 Å². The number of aryl methyl sites for hydroxylation is 2. The van der Waals surface area contributed by atoms with Crippen LogP contribution in [-0.2, 0) is 17.6 Å². The van der Waals surface area contributed by atoms with Gasteiger partial charge in [0.1, 0.15) is 28.3 Å². The molecule has 16 heteroatoms. The van der Waals surface area contributed by atoms with Gasteiger partial charge in [-0.2, -0.15) is 0 Å². The van der Waals surface area contributed by atoms with E-state index in [9.17, 15) is 14.4 Å². The fourth-order valence-electron chi connectivity index (χ4n) is 8.86. The number of ether oxygens (including phenoxy) is 1. The fraction of sp³-hybridized carbons (Fsp3) is 0.426. The van der Waals surface area contributed by atoms with Gasteiger partial charge in [-0.15, -0.1) is 0 Å². The van der Waals surface area contributed by atoms with Gasteiger partial charge in [-0.25, -0.2) is 24.7 Å². The van der Waals surface area contributed by atoms with Gasteiger partial charge in [0.2, 0.25) is 0 Å². The van der Waals surface area contributed by atoms with Gasteiger partial charge in [0.05, 0.1) is 33.5 Å². The number of aromatic amines is 2. The molecule has 0 radical (unpaired) electrons. The molecule has 0 saturated carbocycles. The molecule has 4 aliphatic heterocycles. The van der Waals surface area contributed by atoms with Crippen LogP contribution in [0, 0.1) is 13.8 Å². The molecule has 2 atom stereocenters. The number of H-pyrrole nitrogens is 2. The minimum Gasteiger partial charge on any atom is -0.444 e. The van der Waals surface area contributed by atoms with Gasteiger partial charge in [0.15, 0.2) is 0 Å². The van der Waals surface area contributed by atoms with Gasteiger partial charge < -0.3 is 46.2 Å². The molecule has 4 aliphatic rings. The summed E-state index contributed by atoms with van der Waals surface area (Å²) < 4.78 is 5.56. The van der Waals surface area contributed by atoms with E-state index < -0.39 is 5.60 Å². The number of nitrogens with zero attached hydrogens (tertiary/aromatic N) is 5. The Morgan fingerprint density at radius 3 is 1.76 bits per heavy atom. The predicted octanol–water partition coefficient (Wildman–Crippen LogP) is 6.41. The largest absolute Gasteiger partial charge is 0.444 e. The van der Waals surface area contributed by atoms with Crippen molar-refractivity contribution >= 4 is 51.6 Å². The Bertz CT molecular complexity index is 2710. The summed E-state index contributed by atoms with van der Waals surface area (Å²) in [5, 5.41) is 16.3. The Hall–Kier alpha value is -6.55. The molecule has 328 valence electrons. The molecule has 2 fully saturated rings. The van der Waals surface area contributed by atoms with Gasteiger partial charge in [-0.05, 0) is 91.1 Å². The van der Waals surface area contributed by atoms with Crippen LogP contribution in [0.3, 0.4) is 0 Å². The number of nitrogens with one attached hydrogen (secondary N) is 7. The normalized spacial score (nSPS) is 18.7. The van der Waals surface area contributed by atoms with Crippen molar-refractivity contribution in [2.45, 2.75) is 90.8 Å². The summed E-state index contributed by atoms with van der Waals surface area (Å²) in [7, 11) is 0. The molecule has 0 aliphatic carbocycles. The van der Waals surface area contributed by atoms with Crippen LogP contribution in [0.1, 0.15) is 89.9 Å². The molecular weight excluding hydrogens is 797 g/mol. The molecule has 8 heterocycles. The molecule has 63 heavy (non-hydrogen) atoms. The number of hydrogen-bond acceptors (Lipinski definition) is 11. The lowest BCUT2D eigenvalue weighted by atomic mass is 10.1. The van der Waals surface area contributed by atoms with E-state index in [1.807, 2.05) is 83.1 Å². The number of benzene rings is 2. The molecule has 16 nitrogen and oxygen atoms in total. The zero-order valence-corrected chi connectivity index (χ0v) is 36.6. The highest BCUT2D eigenvalue weighted by Gasteiger charge is 2.29. The van der Waals surface area contributed by atoms with Crippen LogP contribution in [0.25, 0.3) is 44.6 Å². The van der Waals surface area contributed by atoms with Gasteiger partial charge in [-0.1, -0.05) is 24.3 Å². The maximum Gasteiger partial charge on any atom is 0.410 e. The van der Waals surface area contributed by atoms with Crippen molar-refractivity contribution in [2.75, 3.05) is 49.9 Å². The molecule has 6 aromatic rings. The first kappa shape index (κ1) is 41.8. The molecule has 7 N–H and O–H groups in total. The highest BCUT2D eigenvalue weighted by Crippen LogP contribution is 2.33. The van der Waals surface area contributed by atoms with E-state index in [1.54, 1.807) is 4.90 Å². The second kappa shape index (κ2) is 17.3. The molecular formula is C47H56N12O4. The Morgan fingerprint density at radius 2 is 1.25 bits per heavy atom. The van der Waals surface area contributed by atoms with Crippen LogP contribution in [0.15, 0.2) is 48.5 Å². The van der Waals surface area contributed by atoms with Crippen LogP contribution >= 0.6 is 0 Å². The fourth-order valence-corrected chi connectivity index (χ4v) is 8.86. The molecule has 2 saturated heterocycles. The van der Waals surface area contributed by atoms with Crippen molar-refractivity contribution in [3.8, 4) is 22.5 Å². The molecule has 2 aromatic carbocycles. The molecule has 4 aromatic heterocycles. The van der Waals surface area contributed by atoms with Crippen LogP contribution < -0.4 is 26.6 Å². The van der Waals surface area contributed by atoms with E-state index in [0.717, 1.165) is 124 Å². The van der Waals surface area contributed by atoms with Crippen molar-refractivity contribution in [1.82, 2.24) is 50.8 Å². The van der Waals surface area contributed by atoms with Gasteiger partial charge >= 0.3 is 6.09 Å². The minimum atomic E-state index is -0.522. The molecule has 0 unspecified atom stereocenters. The highest BCUT2D eigenvalue weighted by molar-refractivity contribution is 6.01. The summed E-state index contributed by atoms with van der Waals surface area (Å²) in [6.07, 6.45) is 5.42. The van der Waals surface area contributed by atoms with Crippen LogP contribution in [0.4, 0.5) is 16.4 Å². The summed E-state index contributed by atoms with van der Waals surface area (Å²) in [5.41, 5.74) is 11.4. The lowest BCUT2D eigenvalue weighted by molar-refractivity contribution is 0.0206. The number of fused-ring (bicyclic) bond motifs is 4. The second-order valence-corrected chi connectivity index (χ2v) is 17.9. The van der Waals surface area contributed by atoms with E-state index in [1.165, 1.54) is 6.42 Å². The number of hydrogen-bond donors (Lipinski definition) is 7. The first-order valence-electron chi connectivity index (χ1n) is 22.1. The average molecular weight is 853 g/mol. The van der Waals surface area contributed by atoms with Gasteiger partial charge in [0.25, 0.3) is 11.8 Å². The van der Waals surface area contributed by atoms with Crippen molar-refractivity contribution in [3.63, 3.8) is 0 Å². The van der Waals surface area contributed by atoms with Gasteiger partial charge in [-0.3, -0.25) is 9.59 Å². The predicted molar refractivity (Wildman–Crippen MR) is 244 cm³/mol. The smallest absolute Gasteiger partial charge is 0.410 e. The van der Waals surface area contributed by atoms with Crippen molar-refractivity contribution in [3.05, 3.63) is 82.4 Å². The first-order valence-corrected chi connectivity index (χ1v) is 22.1. The zero-order valence-electron chi connectivity index (χ0n) is 36.6. The maximum atomic E-state index is 12.6. The van der Waals surface area contributed by atoms with E-state index in [-0.39, 0.29) is 23.9 Å². The van der Waals surface area contributed by atoms with E-state index >= 15 is 0 Å². The Labute approximate surface area is 366 Å². The van der Waals surface area contributed by atoms with Crippen LogP contribution in [-0.4, -0.2) is 110 Å². The lowest BCUT2D eigenvalue weighted by Crippen LogP contribution is -2.47. The van der Waals surface area contributed by atoms with Crippen molar-refractivity contribution in [2.24, 2.45) is 0 Å². The average Bonchev–Trinajstić information content (AvgIpc) is 3.91. The highest BCUT2D eigenvalue weighted by atomic mass is 16.6. The van der Waals surface area contributed by atoms with Crippen LogP contribution in [0.5, 0.6) is 0 Å². The monoisotopic (exact) mass is 852 g/mol. The zero-order chi connectivity index (χ0) is 43.8. The number of para-hydroxylation sites is 2. The second-order valence-electron chi connectivity index (χ2n) is 17.9. The third-order valence-corrected chi connectivity index (χ3v) is 12.0. The summed E-state index contributed by atoms with van der Waals surface area (Å²) in [6, 6.07) is 16.2. The van der Waals surface area contributed by atoms with E-state index in [2.05, 4.69) is 36.6 Å². The molecule has 0 spiro atoms. The number of likely N-dealkylation sites (tertiary alicyclic amines) is 1. The first-order chi connectivity index (χ1) is 30.4. The minimum absolute atomic E-state index is 0.0157.